The van der Waals surface area contributed by atoms with Gasteiger partial charge in [-0.05, 0) is 23.8 Å². The highest BCUT2D eigenvalue weighted by atomic mass is 35.5. The smallest absolute Gasteiger partial charge is 0.481 e. The van der Waals surface area contributed by atoms with Crippen LogP contribution in [0.5, 0.6) is 5.75 Å². The third kappa shape index (κ3) is 6.46. The molecule has 6 nitrogen and oxygen atoms in total. The van der Waals surface area contributed by atoms with E-state index in [9.17, 15) is 22.8 Å². The molecule has 27 heavy (non-hydrogen) atoms. The van der Waals surface area contributed by atoms with Gasteiger partial charge in [0.1, 0.15) is 5.75 Å². The number of amides is 1. The SMILES string of the molecule is O=C(O)COc1cc(Cl)ccc1C(=O)N(Cc1ccccc1)OC(F)(F)F. The van der Waals surface area contributed by atoms with Crippen LogP contribution in [0, 0.1) is 0 Å². The van der Waals surface area contributed by atoms with Gasteiger partial charge >= 0.3 is 12.3 Å². The molecule has 0 radical (unpaired) electrons. The molecule has 0 saturated heterocycles. The van der Waals surface area contributed by atoms with E-state index in [1.165, 1.54) is 18.2 Å². The van der Waals surface area contributed by atoms with Gasteiger partial charge in [0.05, 0.1) is 12.1 Å². The number of carbonyl (C=O) groups is 2. The average molecular weight is 404 g/mol. The lowest BCUT2D eigenvalue weighted by Gasteiger charge is -2.23. The Labute approximate surface area is 156 Å². The highest BCUT2D eigenvalue weighted by Crippen LogP contribution is 2.28. The van der Waals surface area contributed by atoms with Crippen LogP contribution >= 0.6 is 11.6 Å². The number of rotatable bonds is 7. The van der Waals surface area contributed by atoms with Crippen LogP contribution in [0.4, 0.5) is 13.2 Å². The Bertz CT molecular complexity index is 814. The molecular weight excluding hydrogens is 391 g/mol. The summed E-state index contributed by atoms with van der Waals surface area (Å²) >= 11 is 5.79. The molecule has 144 valence electrons. The fourth-order valence-electron chi connectivity index (χ4n) is 2.09. The predicted octanol–water partition coefficient (Wildman–Crippen LogP) is 3.90. The molecule has 1 N–H and O–H groups in total. The predicted molar refractivity (Wildman–Crippen MR) is 88.0 cm³/mol. The van der Waals surface area contributed by atoms with Gasteiger partial charge in [0.25, 0.3) is 5.91 Å². The molecule has 0 aromatic heterocycles. The molecule has 2 aromatic rings. The molecule has 2 rings (SSSR count). The minimum absolute atomic E-state index is 0.110. The molecule has 10 heteroatoms. The van der Waals surface area contributed by atoms with Gasteiger partial charge in [-0.3, -0.25) is 4.79 Å². The first kappa shape index (κ1) is 20.5. The minimum atomic E-state index is -5.11. The number of alkyl halides is 3. The highest BCUT2D eigenvalue weighted by Gasteiger charge is 2.36. The molecule has 0 heterocycles. The Kier molecular flexibility index (Phi) is 6.65. The zero-order chi connectivity index (χ0) is 20.0. The number of carboxylic acids is 1. The van der Waals surface area contributed by atoms with Crippen molar-refractivity contribution < 1.29 is 37.4 Å². The number of benzene rings is 2. The second kappa shape index (κ2) is 8.74. The van der Waals surface area contributed by atoms with Crippen LogP contribution in [0.2, 0.25) is 5.02 Å². The van der Waals surface area contributed by atoms with Gasteiger partial charge in [-0.1, -0.05) is 41.9 Å². The van der Waals surface area contributed by atoms with Crippen molar-refractivity contribution in [3.05, 3.63) is 64.7 Å². The summed E-state index contributed by atoms with van der Waals surface area (Å²) < 4.78 is 43.2. The molecule has 1 amide bonds. The van der Waals surface area contributed by atoms with Crippen LogP contribution in [0.1, 0.15) is 15.9 Å². The molecule has 0 bridgehead atoms. The summed E-state index contributed by atoms with van der Waals surface area (Å²) in [6.45, 7) is -1.31. The van der Waals surface area contributed by atoms with Crippen molar-refractivity contribution in [2.45, 2.75) is 12.9 Å². The number of aliphatic carboxylic acids is 1. The maximum atomic E-state index is 12.8. The van der Waals surface area contributed by atoms with Crippen LogP contribution < -0.4 is 4.74 Å². The number of hydrogen-bond donors (Lipinski definition) is 1. The zero-order valence-corrected chi connectivity index (χ0v) is 14.3. The van der Waals surface area contributed by atoms with Crippen molar-refractivity contribution in [3.63, 3.8) is 0 Å². The fourth-order valence-corrected chi connectivity index (χ4v) is 2.25. The van der Waals surface area contributed by atoms with Gasteiger partial charge in [0.15, 0.2) is 6.61 Å². The van der Waals surface area contributed by atoms with Crippen molar-refractivity contribution >= 4 is 23.5 Å². The Morgan fingerprint density at radius 2 is 1.78 bits per heavy atom. The van der Waals surface area contributed by atoms with E-state index in [0.29, 0.717) is 5.56 Å². The first-order chi connectivity index (χ1) is 12.7. The Morgan fingerprint density at radius 3 is 2.37 bits per heavy atom. The minimum Gasteiger partial charge on any atom is -0.481 e. The quantitative estimate of drug-likeness (QED) is 0.710. The van der Waals surface area contributed by atoms with Gasteiger partial charge in [0.2, 0.25) is 0 Å². The van der Waals surface area contributed by atoms with Crippen LogP contribution in [-0.2, 0) is 16.2 Å². The first-order valence-electron chi connectivity index (χ1n) is 7.41. The molecule has 0 aliphatic carbocycles. The number of carboxylic acid groups (broad SMARTS) is 1. The third-order valence-corrected chi connectivity index (χ3v) is 3.37. The van der Waals surface area contributed by atoms with E-state index in [4.69, 9.17) is 21.4 Å². The average Bonchev–Trinajstić information content (AvgIpc) is 2.58. The summed E-state index contributed by atoms with van der Waals surface area (Å²) in [5.74, 6) is -2.78. The van der Waals surface area contributed by atoms with Gasteiger partial charge in [-0.25, -0.2) is 9.86 Å². The lowest BCUT2D eigenvalue weighted by atomic mass is 10.1. The van der Waals surface area contributed by atoms with Gasteiger partial charge in [-0.15, -0.1) is 13.2 Å². The number of hydroxylamine groups is 2. The molecule has 0 unspecified atom stereocenters. The number of ether oxygens (including phenoxy) is 1. The van der Waals surface area contributed by atoms with Gasteiger partial charge in [-0.2, -0.15) is 4.84 Å². The van der Waals surface area contributed by atoms with E-state index in [-0.39, 0.29) is 21.4 Å². The summed E-state index contributed by atoms with van der Waals surface area (Å²) in [5.41, 5.74) is 0.0536. The molecule has 0 atom stereocenters. The summed E-state index contributed by atoms with van der Waals surface area (Å²) in [4.78, 5) is 27.2. The zero-order valence-electron chi connectivity index (χ0n) is 13.6. The number of nitrogens with zero attached hydrogens (tertiary/aromatic N) is 1. The van der Waals surface area contributed by atoms with Gasteiger partial charge < -0.3 is 9.84 Å². The van der Waals surface area contributed by atoms with Crippen molar-refractivity contribution in [1.82, 2.24) is 5.06 Å². The monoisotopic (exact) mass is 403 g/mol. The first-order valence-corrected chi connectivity index (χ1v) is 7.79. The van der Waals surface area contributed by atoms with Crippen molar-refractivity contribution in [2.24, 2.45) is 0 Å². The molecule has 0 saturated carbocycles. The molecule has 0 aliphatic heterocycles. The number of hydrogen-bond acceptors (Lipinski definition) is 4. The highest BCUT2D eigenvalue weighted by molar-refractivity contribution is 6.30. The Morgan fingerprint density at radius 1 is 1.11 bits per heavy atom. The van der Waals surface area contributed by atoms with E-state index in [0.717, 1.165) is 12.1 Å². The van der Waals surface area contributed by atoms with E-state index >= 15 is 0 Å². The van der Waals surface area contributed by atoms with E-state index in [1.807, 2.05) is 0 Å². The number of carbonyl (C=O) groups excluding carboxylic acids is 1. The lowest BCUT2D eigenvalue weighted by molar-refractivity contribution is -0.401. The normalized spacial score (nSPS) is 11.1. The molecule has 0 spiro atoms. The number of halogens is 4. The summed E-state index contributed by atoms with van der Waals surface area (Å²) in [7, 11) is 0. The molecule has 0 fully saturated rings. The van der Waals surface area contributed by atoms with E-state index in [2.05, 4.69) is 4.84 Å². The Balaban J connectivity index is 2.34. The molecule has 2 aromatic carbocycles. The van der Waals surface area contributed by atoms with Crippen LogP contribution in [-0.4, -0.2) is 35.0 Å². The van der Waals surface area contributed by atoms with Crippen LogP contribution in [0.25, 0.3) is 0 Å². The van der Waals surface area contributed by atoms with E-state index < -0.39 is 31.4 Å². The maximum absolute atomic E-state index is 12.8. The standard InChI is InChI=1S/C17H13ClF3NO5/c18-12-6-7-13(14(8-12)26-10-15(23)24)16(25)22(27-17(19,20)21)9-11-4-2-1-3-5-11/h1-8H,9-10H2,(H,23,24). The van der Waals surface area contributed by atoms with Crippen LogP contribution in [0.15, 0.2) is 48.5 Å². The van der Waals surface area contributed by atoms with E-state index in [1.54, 1.807) is 18.2 Å². The Hall–Kier alpha value is -2.78. The second-order valence-corrected chi connectivity index (χ2v) is 5.62. The van der Waals surface area contributed by atoms with Crippen molar-refractivity contribution in [1.29, 1.82) is 0 Å². The third-order valence-electron chi connectivity index (χ3n) is 3.13. The lowest BCUT2D eigenvalue weighted by Crippen LogP contribution is -2.36. The van der Waals surface area contributed by atoms with Gasteiger partial charge in [0, 0.05) is 5.02 Å². The van der Waals surface area contributed by atoms with Crippen molar-refractivity contribution in [3.8, 4) is 5.75 Å². The van der Waals surface area contributed by atoms with Crippen molar-refractivity contribution in [2.75, 3.05) is 6.61 Å². The summed E-state index contributed by atoms with van der Waals surface area (Å²) in [6, 6.07) is 11.4. The maximum Gasteiger partial charge on any atom is 0.544 e. The summed E-state index contributed by atoms with van der Waals surface area (Å²) in [6.07, 6.45) is -5.11. The van der Waals surface area contributed by atoms with Crippen LogP contribution in [0.3, 0.4) is 0 Å². The topological polar surface area (TPSA) is 76.1 Å². The second-order valence-electron chi connectivity index (χ2n) is 5.19. The summed E-state index contributed by atoms with van der Waals surface area (Å²) in [5, 5.41) is 8.93. The largest absolute Gasteiger partial charge is 0.544 e. The fraction of sp³-hybridized carbons (Fsp3) is 0.176. The molecule has 0 aliphatic rings. The molecular formula is C17H13ClF3NO5.